The number of nitrogens with zero attached hydrogens (tertiary/aromatic N) is 2. The van der Waals surface area contributed by atoms with Crippen LogP contribution in [0.1, 0.15) is 31.0 Å². The first-order valence-electron chi connectivity index (χ1n) is 11.2. The molecule has 0 aliphatic carbocycles. The van der Waals surface area contributed by atoms with E-state index in [1.807, 2.05) is 36.2 Å². The molecule has 4 heterocycles. The number of hydrogen-bond donors (Lipinski definition) is 2. The zero-order chi connectivity index (χ0) is 21.5. The summed E-state index contributed by atoms with van der Waals surface area (Å²) >= 11 is 0. The maximum atomic E-state index is 12.7. The van der Waals surface area contributed by atoms with Crippen molar-refractivity contribution in [2.45, 2.75) is 26.7 Å². The summed E-state index contributed by atoms with van der Waals surface area (Å²) in [6, 6.07) is 10.2. The number of fused-ring (bicyclic) bond motifs is 2. The van der Waals surface area contributed by atoms with Gasteiger partial charge in [0.2, 0.25) is 0 Å². The minimum Gasteiger partial charge on any atom is -0.484 e. The van der Waals surface area contributed by atoms with Crippen molar-refractivity contribution in [3.63, 3.8) is 0 Å². The van der Waals surface area contributed by atoms with Gasteiger partial charge in [0, 0.05) is 54.5 Å². The van der Waals surface area contributed by atoms with Crippen molar-refractivity contribution >= 4 is 16.8 Å². The minimum atomic E-state index is 0.0839. The highest BCUT2D eigenvalue weighted by molar-refractivity contribution is 5.92. The molecule has 31 heavy (non-hydrogen) atoms. The van der Waals surface area contributed by atoms with Crippen LogP contribution in [-0.4, -0.2) is 53.6 Å². The first kappa shape index (κ1) is 20.1. The van der Waals surface area contributed by atoms with Gasteiger partial charge in [0.1, 0.15) is 5.75 Å². The zero-order valence-corrected chi connectivity index (χ0v) is 18.4. The number of carbonyl (C=O) groups excluding carboxylic acids is 1. The first-order valence-corrected chi connectivity index (χ1v) is 11.2. The largest absolute Gasteiger partial charge is 0.484 e. The van der Waals surface area contributed by atoms with Crippen molar-refractivity contribution < 1.29 is 9.53 Å². The lowest BCUT2D eigenvalue weighted by molar-refractivity contribution is -0.132. The summed E-state index contributed by atoms with van der Waals surface area (Å²) in [5.74, 6) is 2.36. The van der Waals surface area contributed by atoms with Crippen LogP contribution in [-0.2, 0) is 4.79 Å². The number of carbonyl (C=O) groups is 1. The lowest BCUT2D eigenvalue weighted by Gasteiger charge is -2.18. The third-order valence-electron chi connectivity index (χ3n) is 6.68. The number of rotatable bonds is 5. The van der Waals surface area contributed by atoms with E-state index in [0.29, 0.717) is 17.8 Å². The Morgan fingerprint density at radius 2 is 1.97 bits per heavy atom. The number of aromatic nitrogens is 2. The highest BCUT2D eigenvalue weighted by Gasteiger charge is 2.38. The molecule has 1 amide bonds. The Kier molecular flexibility index (Phi) is 5.18. The van der Waals surface area contributed by atoms with Crippen LogP contribution in [0.15, 0.2) is 36.5 Å². The van der Waals surface area contributed by atoms with Crippen LogP contribution in [0.25, 0.3) is 22.2 Å². The Morgan fingerprint density at radius 3 is 2.68 bits per heavy atom. The molecule has 0 radical (unpaired) electrons. The molecular weight excluding hydrogens is 388 g/mol. The summed E-state index contributed by atoms with van der Waals surface area (Å²) in [6.45, 7) is 10.3. The fraction of sp³-hybridized carbons (Fsp3) is 0.440. The third-order valence-corrected chi connectivity index (χ3v) is 6.68. The third kappa shape index (κ3) is 3.81. The van der Waals surface area contributed by atoms with Crippen LogP contribution >= 0.6 is 0 Å². The lowest BCUT2D eigenvalue weighted by Crippen LogP contribution is -2.35. The van der Waals surface area contributed by atoms with E-state index in [2.05, 4.69) is 41.3 Å². The van der Waals surface area contributed by atoms with Crippen LogP contribution in [0.3, 0.4) is 0 Å². The van der Waals surface area contributed by atoms with Gasteiger partial charge in [0.15, 0.2) is 6.61 Å². The van der Waals surface area contributed by atoms with Crippen LogP contribution in [0.5, 0.6) is 5.75 Å². The van der Waals surface area contributed by atoms with E-state index in [0.717, 1.165) is 59.8 Å². The number of aryl methyl sites for hydroxylation is 1. The van der Waals surface area contributed by atoms with Gasteiger partial charge in [0.25, 0.3) is 5.91 Å². The standard InChI is InChI=1S/C25H30N4O2/c1-15(2)24-21-9-20(31-14-23(30)29-12-18-10-26-11-19(18)13-29)4-5-22(21)28-25(24)17-6-7-27-16(3)8-17/h4-9,15,18-19,26,28H,10-14H2,1-3H3. The Bertz CT molecular complexity index is 1110. The van der Waals surface area contributed by atoms with Gasteiger partial charge in [-0.25, -0.2) is 0 Å². The molecule has 2 unspecified atom stereocenters. The molecule has 6 nitrogen and oxygen atoms in total. The molecule has 0 saturated carbocycles. The molecule has 2 aromatic heterocycles. The number of H-pyrrole nitrogens is 1. The number of pyridine rings is 1. The molecule has 2 saturated heterocycles. The summed E-state index contributed by atoms with van der Waals surface area (Å²) in [5, 5.41) is 4.56. The summed E-state index contributed by atoms with van der Waals surface area (Å²) in [6.07, 6.45) is 1.85. The SMILES string of the molecule is Cc1cc(-c2[nH]c3ccc(OCC(=O)N4CC5CNCC5C4)cc3c2C(C)C)ccn1. The Morgan fingerprint density at radius 1 is 1.19 bits per heavy atom. The van der Waals surface area contributed by atoms with E-state index >= 15 is 0 Å². The van der Waals surface area contributed by atoms with Crippen molar-refractivity contribution in [1.82, 2.24) is 20.2 Å². The van der Waals surface area contributed by atoms with Crippen molar-refractivity contribution in [3.8, 4) is 17.0 Å². The van der Waals surface area contributed by atoms with E-state index in [1.54, 1.807) is 0 Å². The zero-order valence-electron chi connectivity index (χ0n) is 18.4. The number of ether oxygens (including phenoxy) is 1. The van der Waals surface area contributed by atoms with Crippen molar-refractivity contribution in [2.24, 2.45) is 11.8 Å². The summed E-state index contributed by atoms with van der Waals surface area (Å²) in [5.41, 5.74) is 5.60. The van der Waals surface area contributed by atoms with E-state index in [1.165, 1.54) is 5.56 Å². The maximum Gasteiger partial charge on any atom is 0.260 e. The molecule has 2 fully saturated rings. The van der Waals surface area contributed by atoms with E-state index in [-0.39, 0.29) is 12.5 Å². The number of aromatic amines is 1. The topological polar surface area (TPSA) is 70.2 Å². The second kappa shape index (κ2) is 8.00. The molecule has 162 valence electrons. The molecular formula is C25H30N4O2. The first-order chi connectivity index (χ1) is 15.0. The lowest BCUT2D eigenvalue weighted by atomic mass is 9.96. The van der Waals surface area contributed by atoms with Gasteiger partial charge in [-0.3, -0.25) is 9.78 Å². The number of likely N-dealkylation sites (tertiary alicyclic amines) is 1. The molecule has 2 N–H and O–H groups in total. The fourth-order valence-electron chi connectivity index (χ4n) is 5.11. The second-order valence-corrected chi connectivity index (χ2v) is 9.23. The second-order valence-electron chi connectivity index (χ2n) is 9.23. The van der Waals surface area contributed by atoms with Gasteiger partial charge in [-0.1, -0.05) is 13.8 Å². The smallest absolute Gasteiger partial charge is 0.260 e. The van der Waals surface area contributed by atoms with Gasteiger partial charge >= 0.3 is 0 Å². The quantitative estimate of drug-likeness (QED) is 0.663. The number of hydrogen-bond acceptors (Lipinski definition) is 4. The Hall–Kier alpha value is -2.86. The van der Waals surface area contributed by atoms with Gasteiger partial charge in [-0.15, -0.1) is 0 Å². The Labute approximate surface area is 183 Å². The highest BCUT2D eigenvalue weighted by Crippen LogP contribution is 2.37. The van der Waals surface area contributed by atoms with Crippen molar-refractivity contribution in [2.75, 3.05) is 32.8 Å². The average Bonchev–Trinajstić information content (AvgIpc) is 3.44. The molecule has 2 aliphatic rings. The highest BCUT2D eigenvalue weighted by atomic mass is 16.5. The molecule has 6 heteroatoms. The van der Waals surface area contributed by atoms with Crippen molar-refractivity contribution in [3.05, 3.63) is 47.8 Å². The predicted molar refractivity (Wildman–Crippen MR) is 122 cm³/mol. The molecule has 5 rings (SSSR count). The number of nitrogens with one attached hydrogen (secondary N) is 2. The molecule has 2 atom stereocenters. The van der Waals surface area contributed by atoms with E-state index in [4.69, 9.17) is 4.74 Å². The average molecular weight is 419 g/mol. The van der Waals surface area contributed by atoms with Gasteiger partial charge in [0.05, 0.1) is 5.69 Å². The number of amides is 1. The monoisotopic (exact) mass is 418 g/mol. The minimum absolute atomic E-state index is 0.0839. The number of benzene rings is 1. The molecule has 2 aliphatic heterocycles. The summed E-state index contributed by atoms with van der Waals surface area (Å²) < 4.78 is 5.95. The van der Waals surface area contributed by atoms with Crippen LogP contribution < -0.4 is 10.1 Å². The van der Waals surface area contributed by atoms with E-state index < -0.39 is 0 Å². The predicted octanol–water partition coefficient (Wildman–Crippen LogP) is 3.72. The van der Waals surface area contributed by atoms with Crippen LogP contribution in [0, 0.1) is 18.8 Å². The Balaban J connectivity index is 1.37. The van der Waals surface area contributed by atoms with Crippen LogP contribution in [0.2, 0.25) is 0 Å². The van der Waals surface area contributed by atoms with E-state index in [9.17, 15) is 4.79 Å². The molecule has 0 spiro atoms. The molecule has 0 bridgehead atoms. The van der Waals surface area contributed by atoms with Crippen LogP contribution in [0.4, 0.5) is 0 Å². The summed E-state index contributed by atoms with van der Waals surface area (Å²) in [4.78, 5) is 22.6. The maximum absolute atomic E-state index is 12.7. The van der Waals surface area contributed by atoms with Crippen molar-refractivity contribution in [1.29, 1.82) is 0 Å². The van der Waals surface area contributed by atoms with Gasteiger partial charge in [-0.2, -0.15) is 0 Å². The summed E-state index contributed by atoms with van der Waals surface area (Å²) in [7, 11) is 0. The fourth-order valence-corrected chi connectivity index (χ4v) is 5.11. The van der Waals surface area contributed by atoms with Gasteiger partial charge in [-0.05, 0) is 60.6 Å². The molecule has 3 aromatic rings. The normalized spacial score (nSPS) is 20.6. The molecule has 1 aromatic carbocycles. The van der Waals surface area contributed by atoms with Gasteiger partial charge < -0.3 is 19.9 Å².